The molecule has 0 aliphatic carbocycles. The summed E-state index contributed by atoms with van der Waals surface area (Å²) in [5.74, 6) is 3.36. The van der Waals surface area contributed by atoms with Crippen molar-refractivity contribution in [1.29, 1.82) is 0 Å². The number of hydrogen-bond donors (Lipinski definition) is 1. The second-order valence-electron chi connectivity index (χ2n) is 7.04. The van der Waals surface area contributed by atoms with Crippen LogP contribution in [0.25, 0.3) is 0 Å². The topological polar surface area (TPSA) is 21.3 Å². The Labute approximate surface area is 136 Å². The Kier molecular flexibility index (Phi) is 7.90. The van der Waals surface area contributed by atoms with Crippen molar-refractivity contribution in [3.63, 3.8) is 0 Å². The Bertz CT molecular complexity index is 278. The quantitative estimate of drug-likeness (QED) is 0.627. The lowest BCUT2D eigenvalue weighted by Crippen LogP contribution is -2.46. The van der Waals surface area contributed by atoms with Crippen LogP contribution in [0.5, 0.6) is 0 Å². The third-order valence-corrected chi connectivity index (χ3v) is 6.63. The van der Waals surface area contributed by atoms with Crippen molar-refractivity contribution < 1.29 is 4.74 Å². The van der Waals surface area contributed by atoms with E-state index in [1.807, 2.05) is 0 Å². The van der Waals surface area contributed by atoms with Gasteiger partial charge in [0.05, 0.1) is 5.60 Å². The van der Waals surface area contributed by atoms with Crippen LogP contribution >= 0.6 is 11.8 Å². The minimum absolute atomic E-state index is 0.240. The number of unbranched alkanes of at least 4 members (excludes halogenated alkanes) is 5. The van der Waals surface area contributed by atoms with Crippen molar-refractivity contribution in [2.45, 2.75) is 82.8 Å². The van der Waals surface area contributed by atoms with Gasteiger partial charge in [-0.05, 0) is 44.4 Å². The van der Waals surface area contributed by atoms with E-state index in [2.05, 4.69) is 31.1 Å². The van der Waals surface area contributed by atoms with E-state index in [0.717, 1.165) is 12.5 Å². The number of ether oxygens (including phenoxy) is 1. The largest absolute Gasteiger partial charge is 0.374 e. The number of hydrogen-bond acceptors (Lipinski definition) is 3. The van der Waals surface area contributed by atoms with Crippen LogP contribution in [-0.4, -0.2) is 36.8 Å². The first kappa shape index (κ1) is 17.6. The smallest absolute Gasteiger partial charge is 0.0783 e. The first-order chi connectivity index (χ1) is 10.3. The minimum Gasteiger partial charge on any atom is -0.374 e. The van der Waals surface area contributed by atoms with Crippen LogP contribution in [0.2, 0.25) is 0 Å². The molecule has 1 N–H and O–H groups in total. The van der Waals surface area contributed by atoms with Crippen molar-refractivity contribution in [3.05, 3.63) is 0 Å². The highest BCUT2D eigenvalue weighted by Gasteiger charge is 2.42. The number of rotatable bonds is 9. The summed E-state index contributed by atoms with van der Waals surface area (Å²) in [5.41, 5.74) is 0.240. The fourth-order valence-electron chi connectivity index (χ4n) is 4.03. The van der Waals surface area contributed by atoms with Gasteiger partial charge in [-0.2, -0.15) is 11.8 Å². The van der Waals surface area contributed by atoms with Crippen LogP contribution < -0.4 is 5.32 Å². The van der Waals surface area contributed by atoms with Gasteiger partial charge in [-0.1, -0.05) is 45.4 Å². The highest BCUT2D eigenvalue weighted by atomic mass is 32.2. The first-order valence-corrected chi connectivity index (χ1v) is 10.3. The van der Waals surface area contributed by atoms with E-state index in [-0.39, 0.29) is 5.60 Å². The average Bonchev–Trinajstić information content (AvgIpc) is 2.94. The normalized spacial score (nSPS) is 30.9. The lowest BCUT2D eigenvalue weighted by Gasteiger charge is -2.41. The summed E-state index contributed by atoms with van der Waals surface area (Å²) in [5, 5.41) is 3.62. The Hall–Kier alpha value is 0.270. The second-order valence-corrected chi connectivity index (χ2v) is 8.14. The standard InChI is InChI=1S/C18H35NOS/c1-3-4-5-6-7-8-9-17(19-2)16-10-12-20-18(14-16)11-13-21-15-18/h16-17,19H,3-15H2,1-2H3. The molecule has 0 aromatic heterocycles. The van der Waals surface area contributed by atoms with Crippen LogP contribution in [0.15, 0.2) is 0 Å². The molecule has 0 amide bonds. The summed E-state index contributed by atoms with van der Waals surface area (Å²) in [4.78, 5) is 0. The maximum Gasteiger partial charge on any atom is 0.0783 e. The summed E-state index contributed by atoms with van der Waals surface area (Å²) in [6.07, 6.45) is 13.6. The van der Waals surface area contributed by atoms with E-state index in [9.17, 15) is 0 Å². The Morgan fingerprint density at radius 2 is 2.05 bits per heavy atom. The zero-order valence-electron chi connectivity index (χ0n) is 14.2. The van der Waals surface area contributed by atoms with Gasteiger partial charge in [-0.3, -0.25) is 0 Å². The van der Waals surface area contributed by atoms with Crippen LogP contribution in [0.3, 0.4) is 0 Å². The van der Waals surface area contributed by atoms with Gasteiger partial charge in [0.1, 0.15) is 0 Å². The maximum atomic E-state index is 6.17. The minimum atomic E-state index is 0.240. The predicted octanol–water partition coefficient (Wildman–Crippen LogP) is 4.63. The molecule has 2 saturated heterocycles. The molecular formula is C18H35NOS. The predicted molar refractivity (Wildman–Crippen MR) is 94.2 cm³/mol. The highest BCUT2D eigenvalue weighted by molar-refractivity contribution is 7.99. The van der Waals surface area contributed by atoms with Gasteiger partial charge in [0.2, 0.25) is 0 Å². The summed E-state index contributed by atoms with van der Waals surface area (Å²) in [6, 6.07) is 0.711. The lowest BCUT2D eigenvalue weighted by atomic mass is 9.79. The maximum absolute atomic E-state index is 6.17. The Morgan fingerprint density at radius 1 is 1.24 bits per heavy atom. The molecule has 0 radical (unpaired) electrons. The summed E-state index contributed by atoms with van der Waals surface area (Å²) >= 11 is 2.08. The van der Waals surface area contributed by atoms with E-state index in [4.69, 9.17) is 4.74 Å². The molecule has 3 heteroatoms. The first-order valence-electron chi connectivity index (χ1n) is 9.18. The van der Waals surface area contributed by atoms with E-state index in [1.165, 1.54) is 75.7 Å². The van der Waals surface area contributed by atoms with Crippen LogP contribution in [0.1, 0.15) is 71.1 Å². The molecule has 124 valence electrons. The molecule has 0 aromatic carbocycles. The van der Waals surface area contributed by atoms with Gasteiger partial charge in [-0.15, -0.1) is 0 Å². The van der Waals surface area contributed by atoms with Crippen molar-refractivity contribution >= 4 is 11.8 Å². The molecule has 21 heavy (non-hydrogen) atoms. The molecule has 3 unspecified atom stereocenters. The Balaban J connectivity index is 1.70. The van der Waals surface area contributed by atoms with Crippen molar-refractivity contribution in [2.75, 3.05) is 25.2 Å². The Morgan fingerprint density at radius 3 is 2.76 bits per heavy atom. The summed E-state index contributed by atoms with van der Waals surface area (Å²) in [7, 11) is 2.16. The highest BCUT2D eigenvalue weighted by Crippen LogP contribution is 2.41. The molecule has 2 aliphatic rings. The van der Waals surface area contributed by atoms with Crippen LogP contribution in [0.4, 0.5) is 0 Å². The zero-order chi connectivity index (χ0) is 15.0. The molecule has 2 fully saturated rings. The SMILES string of the molecule is CCCCCCCCC(NC)C1CCOC2(CCSC2)C1. The molecule has 2 aliphatic heterocycles. The van der Waals surface area contributed by atoms with Crippen molar-refractivity contribution in [2.24, 2.45) is 5.92 Å². The van der Waals surface area contributed by atoms with Crippen molar-refractivity contribution in [1.82, 2.24) is 5.32 Å². The summed E-state index contributed by atoms with van der Waals surface area (Å²) < 4.78 is 6.17. The number of nitrogens with one attached hydrogen (secondary N) is 1. The van der Waals surface area contributed by atoms with Gasteiger partial charge >= 0.3 is 0 Å². The molecule has 2 heterocycles. The average molecular weight is 314 g/mol. The van der Waals surface area contributed by atoms with Gasteiger partial charge in [0.25, 0.3) is 0 Å². The monoisotopic (exact) mass is 313 g/mol. The second kappa shape index (κ2) is 9.42. The van der Waals surface area contributed by atoms with Crippen LogP contribution in [-0.2, 0) is 4.74 Å². The van der Waals surface area contributed by atoms with Gasteiger partial charge in [0, 0.05) is 18.4 Å². The molecule has 0 aromatic rings. The van der Waals surface area contributed by atoms with Crippen molar-refractivity contribution in [3.8, 4) is 0 Å². The fraction of sp³-hybridized carbons (Fsp3) is 1.00. The molecule has 1 spiro atoms. The van der Waals surface area contributed by atoms with Gasteiger partial charge in [0.15, 0.2) is 0 Å². The fourth-order valence-corrected chi connectivity index (χ4v) is 5.41. The van der Waals surface area contributed by atoms with Crippen LogP contribution in [0, 0.1) is 5.92 Å². The van der Waals surface area contributed by atoms with Gasteiger partial charge in [-0.25, -0.2) is 0 Å². The lowest BCUT2D eigenvalue weighted by molar-refractivity contribution is -0.0852. The van der Waals surface area contributed by atoms with E-state index in [1.54, 1.807) is 0 Å². The number of thioether (sulfide) groups is 1. The third-order valence-electron chi connectivity index (χ3n) is 5.41. The summed E-state index contributed by atoms with van der Waals surface area (Å²) in [6.45, 7) is 3.28. The molecule has 0 saturated carbocycles. The molecular weight excluding hydrogens is 278 g/mol. The zero-order valence-corrected chi connectivity index (χ0v) is 15.0. The van der Waals surface area contributed by atoms with Gasteiger partial charge < -0.3 is 10.1 Å². The molecule has 0 bridgehead atoms. The molecule has 2 nitrogen and oxygen atoms in total. The molecule has 2 rings (SSSR count). The third kappa shape index (κ3) is 5.44. The van der Waals surface area contributed by atoms with E-state index < -0.39 is 0 Å². The van der Waals surface area contributed by atoms with E-state index in [0.29, 0.717) is 6.04 Å². The molecule has 3 atom stereocenters. The van der Waals surface area contributed by atoms with E-state index >= 15 is 0 Å².